The van der Waals surface area contributed by atoms with Gasteiger partial charge in [0.2, 0.25) is 0 Å². The smallest absolute Gasteiger partial charge is 0.354 e. The highest BCUT2D eigenvalue weighted by molar-refractivity contribution is 5.86. The largest absolute Gasteiger partial charge is 0.477 e. The van der Waals surface area contributed by atoms with Gasteiger partial charge in [-0.1, -0.05) is 6.07 Å². The molecule has 2 aromatic rings. The Bertz CT molecular complexity index is 605. The molecule has 0 spiro atoms. The fourth-order valence-electron chi connectivity index (χ4n) is 1.48. The molecule has 2 rings (SSSR count). The molecular formula is C12H6F3NO2. The molecule has 0 aliphatic heterocycles. The van der Waals surface area contributed by atoms with Crippen molar-refractivity contribution in [3.63, 3.8) is 0 Å². The van der Waals surface area contributed by atoms with E-state index in [1.165, 1.54) is 18.2 Å². The van der Waals surface area contributed by atoms with Gasteiger partial charge in [0.05, 0.1) is 11.3 Å². The van der Waals surface area contributed by atoms with Crippen molar-refractivity contribution in [3.05, 3.63) is 53.5 Å². The second-order valence-corrected chi connectivity index (χ2v) is 3.46. The zero-order valence-corrected chi connectivity index (χ0v) is 8.82. The Morgan fingerprint density at radius 1 is 1.11 bits per heavy atom. The number of hydrogen-bond donors (Lipinski definition) is 1. The zero-order chi connectivity index (χ0) is 13.3. The van der Waals surface area contributed by atoms with Gasteiger partial charge in [0.15, 0.2) is 0 Å². The molecule has 1 aromatic heterocycles. The lowest BCUT2D eigenvalue weighted by atomic mass is 10.1. The molecule has 0 aliphatic carbocycles. The van der Waals surface area contributed by atoms with E-state index in [1.807, 2.05) is 0 Å². The van der Waals surface area contributed by atoms with Gasteiger partial charge in [-0.05, 0) is 12.1 Å². The number of halogens is 3. The summed E-state index contributed by atoms with van der Waals surface area (Å²) in [5.41, 5.74) is -1.11. The fraction of sp³-hybridized carbons (Fsp3) is 0. The van der Waals surface area contributed by atoms with E-state index >= 15 is 0 Å². The van der Waals surface area contributed by atoms with Gasteiger partial charge in [0, 0.05) is 12.1 Å². The van der Waals surface area contributed by atoms with Crippen LogP contribution in [-0.2, 0) is 0 Å². The highest BCUT2D eigenvalue weighted by atomic mass is 19.1. The summed E-state index contributed by atoms with van der Waals surface area (Å²) in [4.78, 5) is 14.3. The van der Waals surface area contributed by atoms with E-state index in [9.17, 15) is 18.0 Å². The summed E-state index contributed by atoms with van der Waals surface area (Å²) in [6.07, 6.45) is 0. The quantitative estimate of drug-likeness (QED) is 0.895. The lowest BCUT2D eigenvalue weighted by Gasteiger charge is -2.05. The van der Waals surface area contributed by atoms with E-state index in [2.05, 4.69) is 4.98 Å². The molecule has 0 amide bonds. The molecule has 1 heterocycles. The number of rotatable bonds is 2. The first-order valence-electron chi connectivity index (χ1n) is 4.84. The fourth-order valence-corrected chi connectivity index (χ4v) is 1.48. The Morgan fingerprint density at radius 3 is 2.28 bits per heavy atom. The zero-order valence-electron chi connectivity index (χ0n) is 8.82. The summed E-state index contributed by atoms with van der Waals surface area (Å²) >= 11 is 0. The maximum Gasteiger partial charge on any atom is 0.354 e. The van der Waals surface area contributed by atoms with E-state index < -0.39 is 29.0 Å². The molecule has 0 aliphatic rings. The summed E-state index contributed by atoms with van der Waals surface area (Å²) in [5.74, 6) is -4.65. The van der Waals surface area contributed by atoms with Crippen LogP contribution in [-0.4, -0.2) is 16.1 Å². The number of carbonyl (C=O) groups is 1. The normalized spacial score (nSPS) is 10.4. The Labute approximate surface area is 99.5 Å². The summed E-state index contributed by atoms with van der Waals surface area (Å²) in [7, 11) is 0. The van der Waals surface area contributed by atoms with E-state index in [-0.39, 0.29) is 11.4 Å². The van der Waals surface area contributed by atoms with Gasteiger partial charge in [-0.15, -0.1) is 0 Å². The molecule has 0 radical (unpaired) electrons. The highest BCUT2D eigenvalue weighted by Gasteiger charge is 2.16. The number of aromatic nitrogens is 1. The number of carboxylic acid groups (broad SMARTS) is 1. The van der Waals surface area contributed by atoms with Crippen molar-refractivity contribution in [2.75, 3.05) is 0 Å². The molecular weight excluding hydrogens is 247 g/mol. The molecule has 1 aromatic carbocycles. The van der Waals surface area contributed by atoms with Gasteiger partial charge in [-0.2, -0.15) is 0 Å². The van der Waals surface area contributed by atoms with Gasteiger partial charge in [-0.3, -0.25) is 0 Å². The van der Waals surface area contributed by atoms with Crippen molar-refractivity contribution in [1.29, 1.82) is 0 Å². The van der Waals surface area contributed by atoms with Crippen LogP contribution in [0.25, 0.3) is 11.3 Å². The van der Waals surface area contributed by atoms with Crippen LogP contribution in [0.3, 0.4) is 0 Å². The minimum atomic E-state index is -1.32. The number of hydrogen-bond acceptors (Lipinski definition) is 2. The van der Waals surface area contributed by atoms with Gasteiger partial charge < -0.3 is 5.11 Å². The van der Waals surface area contributed by atoms with Crippen LogP contribution in [0.4, 0.5) is 13.2 Å². The molecule has 0 fully saturated rings. The third kappa shape index (κ3) is 2.17. The van der Waals surface area contributed by atoms with Crippen molar-refractivity contribution in [2.45, 2.75) is 0 Å². The maximum absolute atomic E-state index is 13.5. The van der Waals surface area contributed by atoms with Crippen molar-refractivity contribution < 1.29 is 23.1 Å². The molecule has 0 bridgehead atoms. The van der Waals surface area contributed by atoms with Gasteiger partial charge >= 0.3 is 5.97 Å². The molecule has 0 saturated carbocycles. The molecule has 92 valence electrons. The van der Waals surface area contributed by atoms with E-state index in [4.69, 9.17) is 5.11 Å². The second-order valence-electron chi connectivity index (χ2n) is 3.46. The molecule has 0 atom stereocenters. The maximum atomic E-state index is 13.5. The number of benzene rings is 1. The van der Waals surface area contributed by atoms with Crippen LogP contribution >= 0.6 is 0 Å². The molecule has 6 heteroatoms. The van der Waals surface area contributed by atoms with Crippen molar-refractivity contribution in [1.82, 2.24) is 4.98 Å². The third-order valence-corrected chi connectivity index (χ3v) is 2.23. The SMILES string of the molecule is O=C(O)c1cccc(-c2c(F)cc(F)cc2F)n1. The predicted octanol–water partition coefficient (Wildman–Crippen LogP) is 2.86. The Kier molecular flexibility index (Phi) is 3.01. The van der Waals surface area contributed by atoms with E-state index in [1.54, 1.807) is 0 Å². The van der Waals surface area contributed by atoms with Crippen LogP contribution in [0, 0.1) is 17.5 Å². The summed E-state index contributed by atoms with van der Waals surface area (Å²) in [6.45, 7) is 0. The third-order valence-electron chi connectivity index (χ3n) is 2.23. The monoisotopic (exact) mass is 253 g/mol. The van der Waals surface area contributed by atoms with Crippen LogP contribution < -0.4 is 0 Å². The Morgan fingerprint density at radius 2 is 1.72 bits per heavy atom. The lowest BCUT2D eigenvalue weighted by molar-refractivity contribution is 0.0690. The minimum Gasteiger partial charge on any atom is -0.477 e. The standard InChI is InChI=1S/C12H6F3NO2/c13-6-4-7(14)11(8(15)5-6)9-2-1-3-10(16-9)12(17)18/h1-5H,(H,17,18). The average Bonchev–Trinajstić information content (AvgIpc) is 2.28. The van der Waals surface area contributed by atoms with E-state index in [0.717, 1.165) is 0 Å². The average molecular weight is 253 g/mol. The topological polar surface area (TPSA) is 50.2 Å². The predicted molar refractivity (Wildman–Crippen MR) is 56.5 cm³/mol. The number of nitrogens with zero attached hydrogens (tertiary/aromatic N) is 1. The minimum absolute atomic E-state index is 0.204. The lowest BCUT2D eigenvalue weighted by Crippen LogP contribution is -2.02. The van der Waals surface area contributed by atoms with Crippen LogP contribution in [0.15, 0.2) is 30.3 Å². The molecule has 1 N–H and O–H groups in total. The van der Waals surface area contributed by atoms with Crippen LogP contribution in [0.2, 0.25) is 0 Å². The summed E-state index contributed by atoms with van der Waals surface area (Å²) in [5, 5.41) is 8.73. The van der Waals surface area contributed by atoms with Crippen LogP contribution in [0.5, 0.6) is 0 Å². The Balaban J connectivity index is 2.62. The first-order chi connectivity index (χ1) is 8.49. The van der Waals surface area contributed by atoms with Gasteiger partial charge in [0.25, 0.3) is 0 Å². The molecule has 18 heavy (non-hydrogen) atoms. The number of pyridine rings is 1. The van der Waals surface area contributed by atoms with Crippen molar-refractivity contribution in [3.8, 4) is 11.3 Å². The van der Waals surface area contributed by atoms with Crippen molar-refractivity contribution >= 4 is 5.97 Å². The van der Waals surface area contributed by atoms with Gasteiger partial charge in [0.1, 0.15) is 23.1 Å². The molecule has 0 saturated heterocycles. The first kappa shape index (κ1) is 12.1. The van der Waals surface area contributed by atoms with Crippen molar-refractivity contribution in [2.24, 2.45) is 0 Å². The first-order valence-corrected chi connectivity index (χ1v) is 4.84. The van der Waals surface area contributed by atoms with Gasteiger partial charge in [-0.25, -0.2) is 22.9 Å². The summed E-state index contributed by atoms with van der Waals surface area (Å²) in [6, 6.07) is 4.74. The number of carboxylic acids is 1. The Hall–Kier alpha value is -2.37. The van der Waals surface area contributed by atoms with Crippen LogP contribution in [0.1, 0.15) is 10.5 Å². The summed E-state index contributed by atoms with van der Waals surface area (Å²) < 4.78 is 39.7. The number of aromatic carboxylic acids is 1. The highest BCUT2D eigenvalue weighted by Crippen LogP contribution is 2.25. The van der Waals surface area contributed by atoms with E-state index in [0.29, 0.717) is 12.1 Å². The molecule has 3 nitrogen and oxygen atoms in total. The molecule has 0 unspecified atom stereocenters. The second kappa shape index (κ2) is 4.48.